The Morgan fingerprint density at radius 1 is 1.00 bits per heavy atom. The SMILES string of the molecule is CC(C)NCCCCc1c(Cl)cc(Cl)c(Cl)c1Cl. The summed E-state index contributed by atoms with van der Waals surface area (Å²) in [5.41, 5.74) is 0.886. The fraction of sp³-hybridized carbons (Fsp3) is 0.538. The zero-order valence-electron chi connectivity index (χ0n) is 10.5. The minimum Gasteiger partial charge on any atom is -0.315 e. The standard InChI is InChI=1S/C13H17Cl4N/c1-8(2)18-6-4-3-5-9-10(14)7-11(15)13(17)12(9)16/h7-8,18H,3-6H2,1-2H3. The van der Waals surface area contributed by atoms with Crippen molar-refractivity contribution in [3.05, 3.63) is 31.7 Å². The van der Waals surface area contributed by atoms with Crippen LogP contribution in [0.4, 0.5) is 0 Å². The van der Waals surface area contributed by atoms with E-state index in [1.807, 2.05) is 0 Å². The molecule has 102 valence electrons. The summed E-state index contributed by atoms with van der Waals surface area (Å²) in [6.07, 6.45) is 2.90. The summed E-state index contributed by atoms with van der Waals surface area (Å²) in [6.45, 7) is 5.26. The van der Waals surface area contributed by atoms with Gasteiger partial charge >= 0.3 is 0 Å². The predicted octanol–water partition coefficient (Wildman–Crippen LogP) is 5.62. The molecule has 0 spiro atoms. The molecule has 0 fully saturated rings. The Morgan fingerprint density at radius 3 is 2.28 bits per heavy atom. The molecule has 0 atom stereocenters. The van der Waals surface area contributed by atoms with Gasteiger partial charge in [-0.2, -0.15) is 0 Å². The topological polar surface area (TPSA) is 12.0 Å². The molecule has 0 aromatic heterocycles. The molecule has 0 aliphatic rings. The summed E-state index contributed by atoms with van der Waals surface area (Å²) in [6, 6.07) is 2.17. The number of halogens is 4. The highest BCUT2D eigenvalue weighted by molar-refractivity contribution is 6.49. The molecule has 18 heavy (non-hydrogen) atoms. The number of benzene rings is 1. The zero-order valence-corrected chi connectivity index (χ0v) is 13.5. The lowest BCUT2D eigenvalue weighted by atomic mass is 10.1. The Hall–Kier alpha value is 0.340. The summed E-state index contributed by atoms with van der Waals surface area (Å²) < 4.78 is 0. The first-order valence-corrected chi connectivity index (χ1v) is 7.50. The van der Waals surface area contributed by atoms with Gasteiger partial charge in [0.15, 0.2) is 0 Å². The third-order valence-corrected chi connectivity index (χ3v) is 4.25. The fourth-order valence-corrected chi connectivity index (χ4v) is 2.77. The lowest BCUT2D eigenvalue weighted by Crippen LogP contribution is -2.23. The Labute approximate surface area is 129 Å². The predicted molar refractivity (Wildman–Crippen MR) is 82.6 cm³/mol. The molecule has 0 heterocycles. The van der Waals surface area contributed by atoms with Crippen LogP contribution in [0.15, 0.2) is 6.07 Å². The van der Waals surface area contributed by atoms with Crippen LogP contribution in [-0.2, 0) is 6.42 Å². The molecule has 0 aliphatic carbocycles. The van der Waals surface area contributed by atoms with Crippen molar-refractivity contribution < 1.29 is 0 Å². The van der Waals surface area contributed by atoms with Crippen LogP contribution in [0.3, 0.4) is 0 Å². The highest BCUT2D eigenvalue weighted by Crippen LogP contribution is 2.38. The molecule has 1 aromatic carbocycles. The normalized spacial score (nSPS) is 11.3. The average molecular weight is 329 g/mol. The second-order valence-corrected chi connectivity index (χ2v) is 6.08. The molecule has 1 nitrogen and oxygen atoms in total. The van der Waals surface area contributed by atoms with Gasteiger partial charge in [0.2, 0.25) is 0 Å². The lowest BCUT2D eigenvalue weighted by Gasteiger charge is -2.11. The van der Waals surface area contributed by atoms with Gasteiger partial charge in [-0.3, -0.25) is 0 Å². The summed E-state index contributed by atoms with van der Waals surface area (Å²) in [5, 5.41) is 5.22. The Bertz CT molecular complexity index is 404. The van der Waals surface area contributed by atoms with E-state index in [2.05, 4.69) is 19.2 Å². The number of unbranched alkanes of at least 4 members (excludes halogenated alkanes) is 1. The molecule has 1 N–H and O–H groups in total. The first-order valence-electron chi connectivity index (χ1n) is 5.98. The van der Waals surface area contributed by atoms with Gasteiger partial charge in [-0.25, -0.2) is 0 Å². The molecule has 0 saturated carbocycles. The highest BCUT2D eigenvalue weighted by Gasteiger charge is 2.13. The van der Waals surface area contributed by atoms with E-state index in [1.165, 1.54) is 0 Å². The van der Waals surface area contributed by atoms with Crippen LogP contribution in [0, 0.1) is 0 Å². The average Bonchev–Trinajstić information content (AvgIpc) is 2.29. The Balaban J connectivity index is 2.55. The van der Waals surface area contributed by atoms with Crippen LogP contribution in [0.25, 0.3) is 0 Å². The quantitative estimate of drug-likeness (QED) is 0.406. The van der Waals surface area contributed by atoms with Crippen LogP contribution in [0.1, 0.15) is 32.3 Å². The summed E-state index contributed by atoms with van der Waals surface area (Å²) in [4.78, 5) is 0. The first-order chi connectivity index (χ1) is 8.43. The first kappa shape index (κ1) is 16.4. The summed E-state index contributed by atoms with van der Waals surface area (Å²) in [5.74, 6) is 0. The van der Waals surface area contributed by atoms with Gasteiger partial charge in [-0.05, 0) is 37.4 Å². The van der Waals surface area contributed by atoms with Gasteiger partial charge in [-0.15, -0.1) is 0 Å². The molecular weight excluding hydrogens is 312 g/mol. The molecule has 0 saturated heterocycles. The second kappa shape index (κ2) is 7.81. The molecule has 1 aromatic rings. The van der Waals surface area contributed by atoms with E-state index in [0.29, 0.717) is 26.1 Å². The van der Waals surface area contributed by atoms with E-state index >= 15 is 0 Å². The van der Waals surface area contributed by atoms with Crippen LogP contribution >= 0.6 is 46.4 Å². The maximum atomic E-state index is 6.15. The van der Waals surface area contributed by atoms with Crippen LogP contribution in [0.5, 0.6) is 0 Å². The van der Waals surface area contributed by atoms with Gasteiger partial charge in [0, 0.05) is 11.1 Å². The molecular formula is C13H17Cl4N. The third-order valence-electron chi connectivity index (χ3n) is 2.62. The van der Waals surface area contributed by atoms with E-state index in [1.54, 1.807) is 6.07 Å². The van der Waals surface area contributed by atoms with Crippen molar-refractivity contribution in [2.24, 2.45) is 0 Å². The van der Waals surface area contributed by atoms with Crippen molar-refractivity contribution in [2.75, 3.05) is 6.54 Å². The zero-order chi connectivity index (χ0) is 13.7. The van der Waals surface area contributed by atoms with Crippen molar-refractivity contribution in [1.29, 1.82) is 0 Å². The monoisotopic (exact) mass is 327 g/mol. The third kappa shape index (κ3) is 4.79. The van der Waals surface area contributed by atoms with Crippen LogP contribution in [-0.4, -0.2) is 12.6 Å². The van der Waals surface area contributed by atoms with Crippen molar-refractivity contribution in [2.45, 2.75) is 39.2 Å². The smallest absolute Gasteiger partial charge is 0.0782 e. The molecule has 0 radical (unpaired) electrons. The summed E-state index contributed by atoms with van der Waals surface area (Å²) >= 11 is 24.2. The largest absolute Gasteiger partial charge is 0.315 e. The van der Waals surface area contributed by atoms with Crippen LogP contribution in [0.2, 0.25) is 20.1 Å². The Morgan fingerprint density at radius 2 is 1.67 bits per heavy atom. The molecule has 0 aliphatic heterocycles. The number of nitrogens with one attached hydrogen (secondary N) is 1. The van der Waals surface area contributed by atoms with E-state index in [4.69, 9.17) is 46.4 Å². The molecule has 0 amide bonds. The van der Waals surface area contributed by atoms with Crippen molar-refractivity contribution in [1.82, 2.24) is 5.32 Å². The molecule has 0 bridgehead atoms. The Kier molecular flexibility index (Phi) is 7.12. The van der Waals surface area contributed by atoms with Gasteiger partial charge in [0.1, 0.15) is 0 Å². The van der Waals surface area contributed by atoms with E-state index in [9.17, 15) is 0 Å². The molecule has 5 heteroatoms. The van der Waals surface area contributed by atoms with Gasteiger partial charge < -0.3 is 5.32 Å². The van der Waals surface area contributed by atoms with Gasteiger partial charge in [0.05, 0.1) is 15.1 Å². The van der Waals surface area contributed by atoms with Crippen molar-refractivity contribution in [3.8, 4) is 0 Å². The van der Waals surface area contributed by atoms with E-state index in [-0.39, 0.29) is 0 Å². The highest BCUT2D eigenvalue weighted by atomic mass is 35.5. The minimum atomic E-state index is 0.387. The number of hydrogen-bond acceptors (Lipinski definition) is 1. The molecule has 0 unspecified atom stereocenters. The second-order valence-electron chi connectivity index (χ2n) is 4.51. The molecule has 1 rings (SSSR count). The van der Waals surface area contributed by atoms with Crippen molar-refractivity contribution >= 4 is 46.4 Å². The van der Waals surface area contributed by atoms with Crippen molar-refractivity contribution in [3.63, 3.8) is 0 Å². The van der Waals surface area contributed by atoms with E-state index in [0.717, 1.165) is 31.4 Å². The maximum absolute atomic E-state index is 6.15. The summed E-state index contributed by atoms with van der Waals surface area (Å²) in [7, 11) is 0. The van der Waals surface area contributed by atoms with Gasteiger partial charge in [0.25, 0.3) is 0 Å². The van der Waals surface area contributed by atoms with Gasteiger partial charge in [-0.1, -0.05) is 60.3 Å². The van der Waals surface area contributed by atoms with Crippen LogP contribution < -0.4 is 5.32 Å². The maximum Gasteiger partial charge on any atom is 0.0782 e. The fourth-order valence-electron chi connectivity index (χ4n) is 1.65. The lowest BCUT2D eigenvalue weighted by molar-refractivity contribution is 0.557. The number of rotatable bonds is 6. The van der Waals surface area contributed by atoms with E-state index < -0.39 is 0 Å². The minimum absolute atomic E-state index is 0.387. The number of hydrogen-bond donors (Lipinski definition) is 1.